The van der Waals surface area contributed by atoms with Crippen LogP contribution in [0.4, 0.5) is 11.4 Å². The molecule has 0 saturated carbocycles. The lowest BCUT2D eigenvalue weighted by atomic mass is 10.2. The van der Waals surface area contributed by atoms with E-state index in [-0.39, 0.29) is 23.0 Å². The van der Waals surface area contributed by atoms with Crippen LogP contribution >= 0.6 is 12.2 Å². The Balaban J connectivity index is 1.56. The summed E-state index contributed by atoms with van der Waals surface area (Å²) in [6, 6.07) is 22.9. The van der Waals surface area contributed by atoms with E-state index in [9.17, 15) is 9.59 Å². The van der Waals surface area contributed by atoms with Gasteiger partial charge in [-0.3, -0.25) is 14.9 Å². The highest BCUT2D eigenvalue weighted by atomic mass is 32.1. The second kappa shape index (κ2) is 11.1. The van der Waals surface area contributed by atoms with E-state index in [0.29, 0.717) is 28.3 Å². The van der Waals surface area contributed by atoms with Crippen LogP contribution in [-0.2, 0) is 0 Å². The summed E-state index contributed by atoms with van der Waals surface area (Å²) in [4.78, 5) is 24.8. The number of thiocarbonyl (C=S) groups is 1. The average molecular weight is 448 g/mol. The number of amides is 2. The third-order valence-corrected chi connectivity index (χ3v) is 4.87. The van der Waals surface area contributed by atoms with Crippen molar-refractivity contribution in [2.45, 2.75) is 26.4 Å². The number of benzene rings is 3. The minimum absolute atomic E-state index is 0.111. The summed E-state index contributed by atoms with van der Waals surface area (Å²) in [6.07, 6.45) is 1.01. The molecule has 0 radical (unpaired) electrons. The molecule has 7 heteroatoms. The standard InChI is InChI=1S/C25H25N3O3S/c1-3-17(2)31-22-14-12-19(13-15-22)24(30)28-25(32)27-21-11-7-10-20(16-21)26-23(29)18-8-5-4-6-9-18/h4-17H,3H2,1-2H3,(H,26,29)(H2,27,28,30,32)/t17-/m1/s1. The van der Waals surface area contributed by atoms with Gasteiger partial charge in [-0.1, -0.05) is 31.2 Å². The summed E-state index contributed by atoms with van der Waals surface area (Å²) in [7, 11) is 0. The highest BCUT2D eigenvalue weighted by molar-refractivity contribution is 7.80. The Morgan fingerprint density at radius 3 is 2.12 bits per heavy atom. The van der Waals surface area contributed by atoms with Gasteiger partial charge in [0.25, 0.3) is 11.8 Å². The molecule has 0 aliphatic heterocycles. The first-order valence-corrected chi connectivity index (χ1v) is 10.7. The lowest BCUT2D eigenvalue weighted by Gasteiger charge is -2.13. The number of carbonyl (C=O) groups excluding carboxylic acids is 2. The maximum Gasteiger partial charge on any atom is 0.257 e. The molecule has 2 amide bonds. The maximum absolute atomic E-state index is 12.5. The molecule has 0 bridgehead atoms. The lowest BCUT2D eigenvalue weighted by Crippen LogP contribution is -2.34. The molecule has 0 unspecified atom stereocenters. The van der Waals surface area contributed by atoms with Gasteiger partial charge in [0, 0.05) is 22.5 Å². The van der Waals surface area contributed by atoms with Crippen molar-refractivity contribution in [3.63, 3.8) is 0 Å². The summed E-state index contributed by atoms with van der Waals surface area (Å²) in [5, 5.41) is 8.61. The summed E-state index contributed by atoms with van der Waals surface area (Å²) >= 11 is 5.26. The smallest absolute Gasteiger partial charge is 0.257 e. The molecule has 3 rings (SSSR count). The Hall–Kier alpha value is -3.71. The van der Waals surface area contributed by atoms with Crippen molar-refractivity contribution >= 4 is 40.5 Å². The lowest BCUT2D eigenvalue weighted by molar-refractivity contribution is 0.0976. The van der Waals surface area contributed by atoms with E-state index in [1.807, 2.05) is 19.9 Å². The third-order valence-electron chi connectivity index (χ3n) is 4.67. The largest absolute Gasteiger partial charge is 0.491 e. The summed E-state index contributed by atoms with van der Waals surface area (Å²) < 4.78 is 5.73. The predicted octanol–water partition coefficient (Wildman–Crippen LogP) is 5.24. The molecule has 3 aromatic carbocycles. The fourth-order valence-corrected chi connectivity index (χ4v) is 3.02. The number of ether oxygens (including phenoxy) is 1. The average Bonchev–Trinajstić information content (AvgIpc) is 2.80. The molecule has 0 aromatic heterocycles. The van der Waals surface area contributed by atoms with E-state index in [2.05, 4.69) is 16.0 Å². The molecule has 3 N–H and O–H groups in total. The molecule has 1 atom stereocenters. The van der Waals surface area contributed by atoms with Crippen LogP contribution in [0.5, 0.6) is 5.75 Å². The third kappa shape index (κ3) is 6.65. The maximum atomic E-state index is 12.5. The Kier molecular flexibility index (Phi) is 7.94. The fourth-order valence-electron chi connectivity index (χ4n) is 2.81. The van der Waals surface area contributed by atoms with Gasteiger partial charge in [0.15, 0.2) is 5.11 Å². The first-order valence-electron chi connectivity index (χ1n) is 10.3. The Bertz CT molecular complexity index is 1090. The molecule has 164 valence electrons. The molecule has 0 saturated heterocycles. The van der Waals surface area contributed by atoms with Crippen LogP contribution in [0.25, 0.3) is 0 Å². The van der Waals surface area contributed by atoms with Crippen molar-refractivity contribution in [2.75, 3.05) is 10.6 Å². The normalized spacial score (nSPS) is 11.2. The van der Waals surface area contributed by atoms with Gasteiger partial charge < -0.3 is 15.4 Å². The quantitative estimate of drug-likeness (QED) is 0.432. The first kappa shape index (κ1) is 23.0. The molecule has 32 heavy (non-hydrogen) atoms. The Morgan fingerprint density at radius 1 is 0.844 bits per heavy atom. The van der Waals surface area contributed by atoms with E-state index in [1.54, 1.807) is 72.8 Å². The van der Waals surface area contributed by atoms with Gasteiger partial charge in [0.2, 0.25) is 0 Å². The summed E-state index contributed by atoms with van der Waals surface area (Å²) in [5.74, 6) is 0.177. The van der Waals surface area contributed by atoms with Crippen molar-refractivity contribution in [3.05, 3.63) is 90.0 Å². The van der Waals surface area contributed by atoms with Crippen LogP contribution < -0.4 is 20.7 Å². The van der Waals surface area contributed by atoms with Gasteiger partial charge in [-0.05, 0) is 80.2 Å². The Labute approximate surface area is 193 Å². The highest BCUT2D eigenvalue weighted by Crippen LogP contribution is 2.17. The van der Waals surface area contributed by atoms with Gasteiger partial charge in [0.05, 0.1) is 6.10 Å². The molecule has 0 fully saturated rings. The number of nitrogens with one attached hydrogen (secondary N) is 3. The first-order chi connectivity index (χ1) is 15.4. The zero-order valence-corrected chi connectivity index (χ0v) is 18.7. The van der Waals surface area contributed by atoms with Crippen LogP contribution in [0, 0.1) is 0 Å². The zero-order chi connectivity index (χ0) is 22.9. The number of hydrogen-bond donors (Lipinski definition) is 3. The van der Waals surface area contributed by atoms with Crippen LogP contribution in [0.15, 0.2) is 78.9 Å². The molecular formula is C25H25N3O3S. The van der Waals surface area contributed by atoms with Crippen LogP contribution in [0.1, 0.15) is 41.0 Å². The number of carbonyl (C=O) groups is 2. The number of rotatable bonds is 7. The van der Waals surface area contributed by atoms with Gasteiger partial charge in [0.1, 0.15) is 5.75 Å². The Morgan fingerprint density at radius 2 is 1.47 bits per heavy atom. The van der Waals surface area contributed by atoms with Crippen LogP contribution in [0.2, 0.25) is 0 Å². The molecule has 6 nitrogen and oxygen atoms in total. The minimum atomic E-state index is -0.328. The molecule has 3 aromatic rings. The van der Waals surface area contributed by atoms with Gasteiger partial charge in [-0.15, -0.1) is 0 Å². The van der Waals surface area contributed by atoms with Crippen molar-refractivity contribution in [3.8, 4) is 5.75 Å². The van der Waals surface area contributed by atoms with Gasteiger partial charge in [-0.25, -0.2) is 0 Å². The second-order valence-corrected chi connectivity index (χ2v) is 7.58. The molecule has 0 spiro atoms. The van der Waals surface area contributed by atoms with Gasteiger partial charge >= 0.3 is 0 Å². The van der Waals surface area contributed by atoms with Crippen molar-refractivity contribution < 1.29 is 14.3 Å². The van der Waals surface area contributed by atoms with E-state index in [0.717, 1.165) is 6.42 Å². The topological polar surface area (TPSA) is 79.5 Å². The minimum Gasteiger partial charge on any atom is -0.491 e. The van der Waals surface area contributed by atoms with Crippen molar-refractivity contribution in [2.24, 2.45) is 0 Å². The molecule has 0 aliphatic carbocycles. The highest BCUT2D eigenvalue weighted by Gasteiger charge is 2.10. The second-order valence-electron chi connectivity index (χ2n) is 7.17. The number of anilines is 2. The predicted molar refractivity (Wildman–Crippen MR) is 131 cm³/mol. The van der Waals surface area contributed by atoms with Crippen molar-refractivity contribution in [1.82, 2.24) is 5.32 Å². The molecule has 0 heterocycles. The van der Waals surface area contributed by atoms with E-state index >= 15 is 0 Å². The van der Waals surface area contributed by atoms with Gasteiger partial charge in [-0.2, -0.15) is 0 Å². The van der Waals surface area contributed by atoms with E-state index in [4.69, 9.17) is 17.0 Å². The fraction of sp³-hybridized carbons (Fsp3) is 0.160. The monoisotopic (exact) mass is 447 g/mol. The molecule has 0 aliphatic rings. The number of hydrogen-bond acceptors (Lipinski definition) is 4. The van der Waals surface area contributed by atoms with E-state index < -0.39 is 0 Å². The summed E-state index contributed by atoms with van der Waals surface area (Å²) in [5.41, 5.74) is 2.28. The van der Waals surface area contributed by atoms with Crippen LogP contribution in [0.3, 0.4) is 0 Å². The summed E-state index contributed by atoms with van der Waals surface area (Å²) in [6.45, 7) is 4.04. The SMILES string of the molecule is CC[C@@H](C)Oc1ccc(C(=O)NC(=S)Nc2cccc(NC(=O)c3ccccc3)c2)cc1. The van der Waals surface area contributed by atoms with E-state index in [1.165, 1.54) is 0 Å². The zero-order valence-electron chi connectivity index (χ0n) is 17.9. The van der Waals surface area contributed by atoms with Crippen LogP contribution in [-0.4, -0.2) is 23.0 Å². The van der Waals surface area contributed by atoms with Crippen molar-refractivity contribution in [1.29, 1.82) is 0 Å². The molecular weight excluding hydrogens is 422 g/mol.